The molecule has 8 heteroatoms. The van der Waals surface area contributed by atoms with E-state index in [9.17, 15) is 13.2 Å². The number of piperidine rings is 1. The maximum atomic E-state index is 12.1. The summed E-state index contributed by atoms with van der Waals surface area (Å²) in [6, 6.07) is 0. The van der Waals surface area contributed by atoms with Gasteiger partial charge in [0.1, 0.15) is 0 Å². The van der Waals surface area contributed by atoms with Crippen LogP contribution in [0.15, 0.2) is 0 Å². The van der Waals surface area contributed by atoms with E-state index in [1.807, 2.05) is 4.72 Å². The Balaban J connectivity index is 2.48. The van der Waals surface area contributed by atoms with Crippen molar-refractivity contribution in [3.8, 4) is 0 Å². The largest absolute Gasteiger partial charge is 0.449 e. The van der Waals surface area contributed by atoms with E-state index < -0.39 is 16.3 Å². The third-order valence-corrected chi connectivity index (χ3v) is 4.73. The molecule has 1 saturated heterocycles. The quantitative estimate of drug-likeness (QED) is 0.728. The zero-order valence-corrected chi connectivity index (χ0v) is 13.9. The Morgan fingerprint density at radius 1 is 1.43 bits per heavy atom. The molecule has 1 rings (SSSR count). The molecule has 21 heavy (non-hydrogen) atoms. The summed E-state index contributed by atoms with van der Waals surface area (Å²) in [6.45, 7) is 8.62. The van der Waals surface area contributed by atoms with Crippen molar-refractivity contribution in [1.29, 1.82) is 0 Å². The second-order valence-corrected chi connectivity index (χ2v) is 7.42. The lowest BCUT2D eigenvalue weighted by molar-refractivity contribution is 0.157. The normalized spacial score (nSPS) is 20.5. The van der Waals surface area contributed by atoms with E-state index in [0.29, 0.717) is 19.0 Å². The highest BCUT2D eigenvalue weighted by atomic mass is 32.2. The molecular weight excluding hydrogens is 294 g/mol. The standard InChI is InChI=1S/C13H27N3O4S/c1-4-20-13(17)15-21(18,19)16-7-5-6-12(10-16)9-14-8-11(2)3/h11-12,14H,4-10H2,1-3H3,(H,15,17). The maximum Gasteiger partial charge on any atom is 0.421 e. The molecule has 0 spiro atoms. The molecule has 1 aliphatic heterocycles. The van der Waals surface area contributed by atoms with Crippen LogP contribution in [0, 0.1) is 11.8 Å². The first-order chi connectivity index (χ1) is 9.85. The second-order valence-electron chi connectivity index (χ2n) is 5.75. The van der Waals surface area contributed by atoms with Gasteiger partial charge in [-0.3, -0.25) is 0 Å². The Bertz CT molecular complexity index is 425. The van der Waals surface area contributed by atoms with Gasteiger partial charge in [0.15, 0.2) is 0 Å². The lowest BCUT2D eigenvalue weighted by atomic mass is 9.99. The van der Waals surface area contributed by atoms with E-state index in [0.717, 1.165) is 25.9 Å². The molecule has 1 heterocycles. The van der Waals surface area contributed by atoms with E-state index in [2.05, 4.69) is 23.9 Å². The van der Waals surface area contributed by atoms with Gasteiger partial charge in [-0.1, -0.05) is 13.8 Å². The topological polar surface area (TPSA) is 87.7 Å². The van der Waals surface area contributed by atoms with Gasteiger partial charge in [0.25, 0.3) is 0 Å². The van der Waals surface area contributed by atoms with E-state index in [1.54, 1.807) is 6.92 Å². The van der Waals surface area contributed by atoms with Crippen LogP contribution in [0.3, 0.4) is 0 Å². The fraction of sp³-hybridized carbons (Fsp3) is 0.923. The summed E-state index contributed by atoms with van der Waals surface area (Å²) in [6.07, 6.45) is 0.881. The lowest BCUT2D eigenvalue weighted by Crippen LogP contribution is -2.49. The zero-order valence-electron chi connectivity index (χ0n) is 13.1. The van der Waals surface area contributed by atoms with Gasteiger partial charge in [-0.2, -0.15) is 12.7 Å². The van der Waals surface area contributed by atoms with Gasteiger partial charge in [0.05, 0.1) is 6.61 Å². The van der Waals surface area contributed by atoms with E-state index >= 15 is 0 Å². The number of carbonyl (C=O) groups is 1. The first-order valence-corrected chi connectivity index (χ1v) is 8.94. The van der Waals surface area contributed by atoms with Gasteiger partial charge < -0.3 is 10.1 Å². The number of nitrogens with one attached hydrogen (secondary N) is 2. The van der Waals surface area contributed by atoms with Crippen LogP contribution in [0.2, 0.25) is 0 Å². The molecule has 0 bridgehead atoms. The van der Waals surface area contributed by atoms with Crippen LogP contribution < -0.4 is 10.0 Å². The van der Waals surface area contributed by atoms with Crippen molar-refractivity contribution < 1.29 is 17.9 Å². The Hall–Kier alpha value is -0.860. The Labute approximate surface area is 127 Å². The minimum atomic E-state index is -3.80. The predicted octanol–water partition coefficient (Wildman–Crippen LogP) is 0.935. The van der Waals surface area contributed by atoms with Gasteiger partial charge >= 0.3 is 16.3 Å². The van der Waals surface area contributed by atoms with Crippen molar-refractivity contribution in [2.75, 3.05) is 32.8 Å². The fourth-order valence-electron chi connectivity index (χ4n) is 2.32. The van der Waals surface area contributed by atoms with Gasteiger partial charge in [-0.25, -0.2) is 9.52 Å². The number of carbonyl (C=O) groups excluding carboxylic acids is 1. The molecule has 7 nitrogen and oxygen atoms in total. The van der Waals surface area contributed by atoms with E-state index in [4.69, 9.17) is 0 Å². The molecule has 1 atom stereocenters. The van der Waals surface area contributed by atoms with Crippen molar-refractivity contribution in [2.45, 2.75) is 33.6 Å². The van der Waals surface area contributed by atoms with Gasteiger partial charge in [-0.15, -0.1) is 0 Å². The van der Waals surface area contributed by atoms with Crippen LogP contribution in [-0.4, -0.2) is 51.6 Å². The monoisotopic (exact) mass is 321 g/mol. The van der Waals surface area contributed by atoms with E-state index in [1.165, 1.54) is 4.31 Å². The average Bonchev–Trinajstić information content (AvgIpc) is 2.38. The van der Waals surface area contributed by atoms with Crippen LogP contribution in [-0.2, 0) is 14.9 Å². The fourth-order valence-corrected chi connectivity index (χ4v) is 3.49. The zero-order chi connectivity index (χ0) is 15.9. The predicted molar refractivity (Wildman–Crippen MR) is 81.1 cm³/mol. The average molecular weight is 321 g/mol. The molecule has 2 N–H and O–H groups in total. The van der Waals surface area contributed by atoms with Crippen LogP contribution in [0.25, 0.3) is 0 Å². The number of hydrogen-bond acceptors (Lipinski definition) is 5. The number of hydrogen-bond donors (Lipinski definition) is 2. The van der Waals surface area contributed by atoms with Crippen LogP contribution in [0.5, 0.6) is 0 Å². The van der Waals surface area contributed by atoms with Gasteiger partial charge in [-0.05, 0) is 44.7 Å². The molecule has 1 amide bonds. The van der Waals surface area contributed by atoms with Crippen molar-refractivity contribution in [2.24, 2.45) is 11.8 Å². The number of rotatable bonds is 7. The Kier molecular flexibility index (Phi) is 7.41. The molecule has 0 aliphatic carbocycles. The van der Waals surface area contributed by atoms with Crippen molar-refractivity contribution >= 4 is 16.3 Å². The maximum absolute atomic E-state index is 12.1. The molecule has 124 valence electrons. The smallest absolute Gasteiger partial charge is 0.421 e. The molecule has 0 aromatic heterocycles. The number of ether oxygens (including phenoxy) is 1. The summed E-state index contributed by atoms with van der Waals surface area (Å²) in [5.41, 5.74) is 0. The molecule has 1 unspecified atom stereocenters. The summed E-state index contributed by atoms with van der Waals surface area (Å²) in [4.78, 5) is 11.3. The SMILES string of the molecule is CCOC(=O)NS(=O)(=O)N1CCCC(CNCC(C)C)C1. The molecule has 0 aromatic carbocycles. The first kappa shape index (κ1) is 18.2. The van der Waals surface area contributed by atoms with Crippen molar-refractivity contribution in [3.05, 3.63) is 0 Å². The van der Waals surface area contributed by atoms with Crippen LogP contribution in [0.4, 0.5) is 4.79 Å². The summed E-state index contributed by atoms with van der Waals surface area (Å²) in [5, 5.41) is 3.35. The number of nitrogens with zero attached hydrogens (tertiary/aromatic N) is 1. The summed E-state index contributed by atoms with van der Waals surface area (Å²) in [5.74, 6) is 0.843. The molecular formula is C13H27N3O4S. The van der Waals surface area contributed by atoms with Crippen molar-refractivity contribution in [1.82, 2.24) is 14.3 Å². The lowest BCUT2D eigenvalue weighted by Gasteiger charge is -2.31. The first-order valence-electron chi connectivity index (χ1n) is 7.50. The highest BCUT2D eigenvalue weighted by Crippen LogP contribution is 2.18. The summed E-state index contributed by atoms with van der Waals surface area (Å²) < 4.78 is 32.1. The minimum absolute atomic E-state index is 0.142. The summed E-state index contributed by atoms with van der Waals surface area (Å²) >= 11 is 0. The highest BCUT2D eigenvalue weighted by Gasteiger charge is 2.30. The minimum Gasteiger partial charge on any atom is -0.449 e. The van der Waals surface area contributed by atoms with Crippen molar-refractivity contribution in [3.63, 3.8) is 0 Å². The summed E-state index contributed by atoms with van der Waals surface area (Å²) in [7, 11) is -3.80. The molecule has 0 radical (unpaired) electrons. The van der Waals surface area contributed by atoms with E-state index in [-0.39, 0.29) is 12.5 Å². The second kappa shape index (κ2) is 8.55. The number of amides is 1. The Morgan fingerprint density at radius 2 is 2.14 bits per heavy atom. The van der Waals surface area contributed by atoms with Gasteiger partial charge in [0.2, 0.25) is 0 Å². The van der Waals surface area contributed by atoms with Crippen LogP contribution >= 0.6 is 0 Å². The molecule has 0 saturated carbocycles. The Morgan fingerprint density at radius 3 is 2.76 bits per heavy atom. The molecule has 1 aliphatic rings. The third-order valence-electron chi connectivity index (χ3n) is 3.29. The molecule has 0 aromatic rings. The third kappa shape index (κ3) is 6.62. The highest BCUT2D eigenvalue weighted by molar-refractivity contribution is 7.87. The van der Waals surface area contributed by atoms with Crippen LogP contribution in [0.1, 0.15) is 33.6 Å². The molecule has 1 fully saturated rings. The van der Waals surface area contributed by atoms with Gasteiger partial charge in [0, 0.05) is 13.1 Å².